The van der Waals surface area contributed by atoms with Gasteiger partial charge in [0.1, 0.15) is 0 Å². The molecule has 0 amide bonds. The van der Waals surface area contributed by atoms with E-state index in [-0.39, 0.29) is 11.5 Å². The molecule has 2 aromatic rings. The monoisotopic (exact) mass is 474 g/mol. The molecule has 0 bridgehead atoms. The lowest BCUT2D eigenvalue weighted by molar-refractivity contribution is -0.136. The van der Waals surface area contributed by atoms with Crippen LogP contribution in [0.25, 0.3) is 0 Å². The second-order valence-corrected chi connectivity index (χ2v) is 13.9. The Morgan fingerprint density at radius 3 is 2.03 bits per heavy atom. The number of carboxylic acid groups (broad SMARTS) is 1. The molecule has 0 fully saturated rings. The largest absolute Gasteiger partial charge is 0.481 e. The third kappa shape index (κ3) is 7.04. The van der Waals surface area contributed by atoms with E-state index in [1.807, 2.05) is 18.2 Å². The maximum absolute atomic E-state index is 10.6. The van der Waals surface area contributed by atoms with Gasteiger partial charge in [0.05, 0.1) is 11.5 Å². The van der Waals surface area contributed by atoms with Crippen LogP contribution < -0.4 is 10.4 Å². The molecule has 0 saturated heterocycles. The fourth-order valence-corrected chi connectivity index (χ4v) is 8.79. The normalized spacial score (nSPS) is 14.4. The van der Waals surface area contributed by atoms with Gasteiger partial charge in [-0.1, -0.05) is 93.6 Å². The first-order valence-corrected chi connectivity index (χ1v) is 13.5. The van der Waals surface area contributed by atoms with Gasteiger partial charge in [0.15, 0.2) is 0 Å². The van der Waals surface area contributed by atoms with Crippen molar-refractivity contribution < 1.29 is 19.4 Å². The summed E-state index contributed by atoms with van der Waals surface area (Å²) >= 11 is 6.38. The van der Waals surface area contributed by atoms with Gasteiger partial charge in [-0.05, 0) is 34.7 Å². The van der Waals surface area contributed by atoms with Crippen LogP contribution in [-0.4, -0.2) is 42.6 Å². The summed E-state index contributed by atoms with van der Waals surface area (Å²) < 4.78 is 6.79. The van der Waals surface area contributed by atoms with Crippen molar-refractivity contribution in [2.75, 3.05) is 6.61 Å². The van der Waals surface area contributed by atoms with Crippen LogP contribution in [0.15, 0.2) is 72.8 Å². The van der Waals surface area contributed by atoms with Gasteiger partial charge in [0.25, 0.3) is 8.32 Å². The highest BCUT2D eigenvalue weighted by Crippen LogP contribution is 2.36. The Balaban J connectivity index is 2.12. The zero-order valence-electron chi connectivity index (χ0n) is 19.2. The maximum atomic E-state index is 10.6. The molecule has 0 saturated carbocycles. The summed E-state index contributed by atoms with van der Waals surface area (Å²) in [6.07, 6.45) is 4.41. The molecular formula is C26H35ClO4Si. The Bertz CT molecular complexity index is 810. The molecule has 0 aromatic heterocycles. The van der Waals surface area contributed by atoms with E-state index in [1.165, 1.54) is 10.4 Å². The molecule has 0 radical (unpaired) electrons. The lowest BCUT2D eigenvalue weighted by atomic mass is 10.1. The second-order valence-electron chi connectivity index (χ2n) is 9.02. The van der Waals surface area contributed by atoms with Crippen molar-refractivity contribution in [3.05, 3.63) is 72.8 Å². The van der Waals surface area contributed by atoms with Crippen LogP contribution >= 0.6 is 11.6 Å². The van der Waals surface area contributed by atoms with Crippen molar-refractivity contribution in [1.29, 1.82) is 0 Å². The number of carboxylic acids is 1. The highest BCUT2D eigenvalue weighted by molar-refractivity contribution is 6.99. The van der Waals surface area contributed by atoms with Crippen molar-refractivity contribution in [2.45, 2.75) is 63.0 Å². The summed E-state index contributed by atoms with van der Waals surface area (Å²) in [6.45, 7) is 7.08. The summed E-state index contributed by atoms with van der Waals surface area (Å²) in [5.41, 5.74) is 0. The lowest BCUT2D eigenvalue weighted by Gasteiger charge is -2.43. The van der Waals surface area contributed by atoms with E-state index in [1.54, 1.807) is 6.08 Å². The number of carbonyl (C=O) groups is 1. The van der Waals surface area contributed by atoms with Crippen LogP contribution in [0.5, 0.6) is 0 Å². The Kier molecular flexibility index (Phi) is 10.2. The van der Waals surface area contributed by atoms with Gasteiger partial charge in [0, 0.05) is 13.0 Å². The summed E-state index contributed by atoms with van der Waals surface area (Å²) in [4.78, 5) is 10.6. The maximum Gasteiger partial charge on any atom is 0.303 e. The first-order valence-electron chi connectivity index (χ1n) is 11.1. The zero-order valence-corrected chi connectivity index (χ0v) is 21.0. The van der Waals surface area contributed by atoms with Crippen LogP contribution in [0.4, 0.5) is 0 Å². The van der Waals surface area contributed by atoms with Crippen molar-refractivity contribution in [2.24, 2.45) is 0 Å². The van der Waals surface area contributed by atoms with E-state index in [0.29, 0.717) is 25.9 Å². The Hall–Kier alpha value is -1.92. The topological polar surface area (TPSA) is 66.8 Å². The van der Waals surface area contributed by atoms with E-state index in [4.69, 9.17) is 21.1 Å². The summed E-state index contributed by atoms with van der Waals surface area (Å²) in [6, 6.07) is 20.8. The third-order valence-corrected chi connectivity index (χ3v) is 11.1. The number of alkyl halides is 1. The number of aliphatic hydroxyl groups excluding tert-OH is 1. The minimum Gasteiger partial charge on any atom is -0.481 e. The van der Waals surface area contributed by atoms with Crippen LogP contribution in [0.3, 0.4) is 0 Å². The van der Waals surface area contributed by atoms with Crippen LogP contribution in [0, 0.1) is 0 Å². The number of benzene rings is 2. The number of rotatable bonds is 12. The van der Waals surface area contributed by atoms with Crippen LogP contribution in [0.2, 0.25) is 5.04 Å². The predicted octanol–water partition coefficient (Wildman–Crippen LogP) is 4.73. The molecule has 2 N–H and O–H groups in total. The Labute approximate surface area is 198 Å². The van der Waals surface area contributed by atoms with Gasteiger partial charge in [-0.2, -0.15) is 0 Å². The highest BCUT2D eigenvalue weighted by Gasteiger charge is 2.50. The fraction of sp³-hybridized carbons (Fsp3) is 0.423. The molecule has 0 aliphatic carbocycles. The van der Waals surface area contributed by atoms with Gasteiger partial charge in [-0.3, -0.25) is 4.79 Å². The molecule has 32 heavy (non-hydrogen) atoms. The smallest absolute Gasteiger partial charge is 0.303 e. The SMILES string of the molecule is CC(C)(C)[Si](OCC[C@H](O)[C@@H](Cl)C/C=C\CCC(=O)O)(c1ccccc1)c1ccccc1. The molecule has 0 unspecified atom stereocenters. The summed E-state index contributed by atoms with van der Waals surface area (Å²) in [5, 5.41) is 21.1. The van der Waals surface area contributed by atoms with Gasteiger partial charge >= 0.3 is 5.97 Å². The van der Waals surface area contributed by atoms with E-state index in [0.717, 1.165) is 0 Å². The Morgan fingerprint density at radius 2 is 1.56 bits per heavy atom. The van der Waals surface area contributed by atoms with Crippen molar-refractivity contribution in [3.8, 4) is 0 Å². The summed E-state index contributed by atoms with van der Waals surface area (Å²) in [5.74, 6) is -0.822. The van der Waals surface area contributed by atoms with Crippen molar-refractivity contribution in [3.63, 3.8) is 0 Å². The van der Waals surface area contributed by atoms with Crippen LogP contribution in [-0.2, 0) is 9.22 Å². The van der Waals surface area contributed by atoms with E-state index in [9.17, 15) is 9.90 Å². The summed E-state index contributed by atoms with van der Waals surface area (Å²) in [7, 11) is -2.62. The standard InChI is InChI=1S/C26H35ClO4Si/c1-26(2,3)32(21-13-7-4-8-14-21,22-15-9-5-10-16-22)31-20-19-24(28)23(27)17-11-6-12-18-25(29)30/h4-11,13-16,23-24,28H,12,17-20H2,1-3H3,(H,29,30)/b11-6-/t23-,24-/m0/s1. The van der Waals surface area contributed by atoms with Gasteiger partial charge in [-0.25, -0.2) is 0 Å². The predicted molar refractivity (Wildman–Crippen MR) is 134 cm³/mol. The number of hydrogen-bond acceptors (Lipinski definition) is 3. The molecule has 2 atom stereocenters. The van der Waals surface area contributed by atoms with Crippen molar-refractivity contribution >= 4 is 36.3 Å². The number of aliphatic hydroxyl groups is 1. The number of hydrogen-bond donors (Lipinski definition) is 2. The van der Waals surface area contributed by atoms with E-state index >= 15 is 0 Å². The lowest BCUT2D eigenvalue weighted by Crippen LogP contribution is -2.66. The molecule has 0 aliphatic rings. The molecule has 174 valence electrons. The minimum atomic E-state index is -2.62. The van der Waals surface area contributed by atoms with Gasteiger partial charge < -0.3 is 14.6 Å². The highest BCUT2D eigenvalue weighted by atomic mass is 35.5. The molecule has 0 heterocycles. The van der Waals surface area contributed by atoms with Crippen LogP contribution in [0.1, 0.15) is 46.5 Å². The molecule has 2 rings (SSSR count). The quantitative estimate of drug-likeness (QED) is 0.265. The molecule has 6 heteroatoms. The molecular weight excluding hydrogens is 440 g/mol. The average Bonchev–Trinajstić information content (AvgIpc) is 2.76. The zero-order chi connectivity index (χ0) is 23.6. The van der Waals surface area contributed by atoms with Gasteiger partial charge in [-0.15, -0.1) is 11.6 Å². The fourth-order valence-electron chi connectivity index (χ4n) is 3.98. The minimum absolute atomic E-state index is 0.0956. The third-order valence-electron chi connectivity index (χ3n) is 5.62. The molecule has 0 aliphatic heterocycles. The number of aliphatic carboxylic acids is 1. The molecule has 2 aromatic carbocycles. The average molecular weight is 475 g/mol. The molecule has 0 spiro atoms. The first kappa shape index (κ1) is 26.3. The number of allylic oxidation sites excluding steroid dienone is 2. The van der Waals surface area contributed by atoms with E-state index < -0.39 is 25.8 Å². The second kappa shape index (κ2) is 12.4. The van der Waals surface area contributed by atoms with Crippen molar-refractivity contribution in [1.82, 2.24) is 0 Å². The number of halogens is 1. The van der Waals surface area contributed by atoms with Gasteiger partial charge in [0.2, 0.25) is 0 Å². The first-order chi connectivity index (χ1) is 15.2. The Morgan fingerprint density at radius 1 is 1.03 bits per heavy atom. The molecule has 4 nitrogen and oxygen atoms in total. The van der Waals surface area contributed by atoms with E-state index in [2.05, 4.69) is 69.3 Å².